The number of likely N-dealkylation sites (N-methyl/N-ethyl adjacent to an activating group) is 1. The van der Waals surface area contributed by atoms with Crippen molar-refractivity contribution in [3.05, 3.63) is 0 Å². The number of carbonyl (C=O) groups is 1. The lowest BCUT2D eigenvalue weighted by Crippen LogP contribution is -2.51. The van der Waals surface area contributed by atoms with Crippen LogP contribution in [0.4, 0.5) is 0 Å². The van der Waals surface area contributed by atoms with Gasteiger partial charge in [-0.1, -0.05) is 6.92 Å². The van der Waals surface area contributed by atoms with E-state index in [1.54, 1.807) is 0 Å². The summed E-state index contributed by atoms with van der Waals surface area (Å²) in [7, 11) is 0. The van der Waals surface area contributed by atoms with Crippen molar-refractivity contribution in [3.63, 3.8) is 0 Å². The number of nitrogens with one attached hydrogen (secondary N) is 1. The normalized spacial score (nSPS) is 21.9. The van der Waals surface area contributed by atoms with E-state index in [1.807, 2.05) is 25.7 Å². The van der Waals surface area contributed by atoms with Crippen LogP contribution in [-0.2, 0) is 9.53 Å². The molecule has 1 aliphatic heterocycles. The third kappa shape index (κ3) is 4.10. The molecule has 1 amide bonds. The Morgan fingerprint density at radius 2 is 2.31 bits per heavy atom. The lowest BCUT2D eigenvalue weighted by molar-refractivity contribution is -0.137. The minimum absolute atomic E-state index is 0.0257. The second-order valence-corrected chi connectivity index (χ2v) is 4.50. The molecule has 16 heavy (non-hydrogen) atoms. The van der Waals surface area contributed by atoms with Gasteiger partial charge in [0.25, 0.3) is 0 Å². The quantitative estimate of drug-likeness (QED) is 0.738. The van der Waals surface area contributed by atoms with Crippen LogP contribution < -0.4 is 5.32 Å². The van der Waals surface area contributed by atoms with Gasteiger partial charge in [0.2, 0.25) is 5.91 Å². The smallest absolute Gasteiger partial charge is 0.239 e. The van der Waals surface area contributed by atoms with Gasteiger partial charge in [-0.05, 0) is 33.2 Å². The van der Waals surface area contributed by atoms with E-state index < -0.39 is 0 Å². The second kappa shape index (κ2) is 6.86. The minimum atomic E-state index is 0.0257. The molecule has 0 aromatic carbocycles. The van der Waals surface area contributed by atoms with Gasteiger partial charge in [-0.15, -0.1) is 0 Å². The number of ether oxygens (including phenoxy) is 1. The number of amides is 1. The summed E-state index contributed by atoms with van der Waals surface area (Å²) in [6.45, 7) is 9.16. The Hall–Kier alpha value is -0.610. The lowest BCUT2D eigenvalue weighted by atomic mass is 10.0. The number of hydrogen-bond acceptors (Lipinski definition) is 3. The summed E-state index contributed by atoms with van der Waals surface area (Å²) in [5.41, 5.74) is 0. The van der Waals surface area contributed by atoms with Gasteiger partial charge in [0, 0.05) is 13.1 Å². The molecule has 0 spiro atoms. The molecule has 4 heteroatoms. The third-order valence-corrected chi connectivity index (χ3v) is 2.79. The summed E-state index contributed by atoms with van der Waals surface area (Å²) >= 11 is 0. The van der Waals surface area contributed by atoms with Gasteiger partial charge in [-0.2, -0.15) is 0 Å². The summed E-state index contributed by atoms with van der Waals surface area (Å²) in [6.07, 6.45) is 2.30. The van der Waals surface area contributed by atoms with Gasteiger partial charge >= 0.3 is 0 Å². The highest BCUT2D eigenvalue weighted by molar-refractivity contribution is 5.82. The standard InChI is InChI=1S/C12H24N2O2/c1-4-13-11-6-5-7-14(12(11)15)8-9-16-10(2)3/h10-11,13H,4-9H2,1-3H3. The van der Waals surface area contributed by atoms with Crippen LogP contribution in [0, 0.1) is 0 Å². The maximum Gasteiger partial charge on any atom is 0.239 e. The number of nitrogens with zero attached hydrogens (tertiary/aromatic N) is 1. The largest absolute Gasteiger partial charge is 0.377 e. The zero-order valence-electron chi connectivity index (χ0n) is 10.7. The van der Waals surface area contributed by atoms with Crippen LogP contribution in [-0.4, -0.2) is 49.2 Å². The summed E-state index contributed by atoms with van der Waals surface area (Å²) in [5.74, 6) is 0.237. The third-order valence-electron chi connectivity index (χ3n) is 2.79. The van der Waals surface area contributed by atoms with E-state index in [1.165, 1.54) is 0 Å². The van der Waals surface area contributed by atoms with Crippen LogP contribution in [0.5, 0.6) is 0 Å². The Morgan fingerprint density at radius 3 is 2.94 bits per heavy atom. The van der Waals surface area contributed by atoms with Gasteiger partial charge in [0.15, 0.2) is 0 Å². The van der Waals surface area contributed by atoms with Crippen molar-refractivity contribution in [2.24, 2.45) is 0 Å². The molecule has 0 aromatic heterocycles. The van der Waals surface area contributed by atoms with Gasteiger partial charge in [0.1, 0.15) is 0 Å². The molecule has 1 unspecified atom stereocenters. The number of carbonyl (C=O) groups excluding carboxylic acids is 1. The van der Waals surface area contributed by atoms with Crippen LogP contribution in [0.3, 0.4) is 0 Å². The Labute approximate surface area is 98.3 Å². The summed E-state index contributed by atoms with van der Waals surface area (Å²) in [5, 5.41) is 3.23. The Morgan fingerprint density at radius 1 is 1.56 bits per heavy atom. The first kappa shape index (κ1) is 13.5. The summed E-state index contributed by atoms with van der Waals surface area (Å²) in [6, 6.07) is 0.0257. The molecule has 1 rings (SSSR count). The fraction of sp³-hybridized carbons (Fsp3) is 0.917. The molecule has 1 N–H and O–H groups in total. The molecule has 94 valence electrons. The van der Waals surface area contributed by atoms with Crippen molar-refractivity contribution in [2.45, 2.75) is 45.8 Å². The van der Waals surface area contributed by atoms with Crippen molar-refractivity contribution in [1.29, 1.82) is 0 Å². The first-order valence-electron chi connectivity index (χ1n) is 6.29. The van der Waals surface area contributed by atoms with E-state index in [0.29, 0.717) is 6.61 Å². The zero-order valence-corrected chi connectivity index (χ0v) is 10.7. The number of likely N-dealkylation sites (tertiary alicyclic amines) is 1. The molecule has 1 atom stereocenters. The van der Waals surface area contributed by atoms with Gasteiger partial charge in [-0.3, -0.25) is 4.79 Å². The van der Waals surface area contributed by atoms with Crippen molar-refractivity contribution >= 4 is 5.91 Å². The maximum atomic E-state index is 12.0. The highest BCUT2D eigenvalue weighted by Crippen LogP contribution is 2.11. The first-order valence-corrected chi connectivity index (χ1v) is 6.29. The van der Waals surface area contributed by atoms with Crippen molar-refractivity contribution < 1.29 is 9.53 Å². The van der Waals surface area contributed by atoms with Crippen LogP contribution >= 0.6 is 0 Å². The Kier molecular flexibility index (Phi) is 5.77. The van der Waals surface area contributed by atoms with Crippen molar-refractivity contribution in [2.75, 3.05) is 26.2 Å². The fourth-order valence-electron chi connectivity index (χ4n) is 2.00. The fourth-order valence-corrected chi connectivity index (χ4v) is 2.00. The SMILES string of the molecule is CCNC1CCCN(CCOC(C)C)C1=O. The molecule has 1 saturated heterocycles. The predicted octanol–water partition coefficient (Wildman–Crippen LogP) is 1.01. The van der Waals surface area contributed by atoms with E-state index in [0.717, 1.165) is 32.5 Å². The zero-order chi connectivity index (χ0) is 12.0. The number of rotatable bonds is 6. The van der Waals surface area contributed by atoms with E-state index in [-0.39, 0.29) is 18.1 Å². The molecule has 4 nitrogen and oxygen atoms in total. The number of piperidine rings is 1. The van der Waals surface area contributed by atoms with Crippen LogP contribution in [0.25, 0.3) is 0 Å². The topological polar surface area (TPSA) is 41.6 Å². The van der Waals surface area contributed by atoms with Gasteiger partial charge in [-0.25, -0.2) is 0 Å². The average molecular weight is 228 g/mol. The molecule has 0 aliphatic carbocycles. The Bertz CT molecular complexity index is 217. The van der Waals surface area contributed by atoms with E-state index in [2.05, 4.69) is 5.32 Å². The molecule has 1 fully saturated rings. The second-order valence-electron chi connectivity index (χ2n) is 4.50. The van der Waals surface area contributed by atoms with Crippen LogP contribution in [0.15, 0.2) is 0 Å². The molecule has 0 saturated carbocycles. The molecule has 0 aromatic rings. The van der Waals surface area contributed by atoms with Gasteiger partial charge in [0.05, 0.1) is 18.8 Å². The van der Waals surface area contributed by atoms with E-state index >= 15 is 0 Å². The molecule has 0 bridgehead atoms. The highest BCUT2D eigenvalue weighted by Gasteiger charge is 2.27. The molecular weight excluding hydrogens is 204 g/mol. The first-order chi connectivity index (χ1) is 7.65. The predicted molar refractivity (Wildman–Crippen MR) is 64.4 cm³/mol. The molecule has 0 radical (unpaired) electrons. The van der Waals surface area contributed by atoms with Crippen LogP contribution in [0.1, 0.15) is 33.6 Å². The molecular formula is C12H24N2O2. The van der Waals surface area contributed by atoms with Crippen molar-refractivity contribution in [3.8, 4) is 0 Å². The van der Waals surface area contributed by atoms with E-state index in [9.17, 15) is 4.79 Å². The monoisotopic (exact) mass is 228 g/mol. The maximum absolute atomic E-state index is 12.0. The summed E-state index contributed by atoms with van der Waals surface area (Å²) in [4.78, 5) is 13.9. The van der Waals surface area contributed by atoms with Crippen LogP contribution in [0.2, 0.25) is 0 Å². The average Bonchev–Trinajstić information content (AvgIpc) is 2.23. The number of hydrogen-bond donors (Lipinski definition) is 1. The molecule has 1 heterocycles. The van der Waals surface area contributed by atoms with E-state index in [4.69, 9.17) is 4.74 Å². The lowest BCUT2D eigenvalue weighted by Gasteiger charge is -2.32. The Balaban J connectivity index is 2.32. The van der Waals surface area contributed by atoms with Crippen molar-refractivity contribution in [1.82, 2.24) is 10.2 Å². The molecule has 1 aliphatic rings. The highest BCUT2D eigenvalue weighted by atomic mass is 16.5. The minimum Gasteiger partial charge on any atom is -0.377 e. The van der Waals surface area contributed by atoms with Gasteiger partial charge < -0.3 is 15.0 Å². The summed E-state index contributed by atoms with van der Waals surface area (Å²) < 4.78 is 5.47.